The number of hydrogen-bond donors (Lipinski definition) is 3. The zero-order valence-corrected chi connectivity index (χ0v) is 49.3. The molecule has 0 aromatic heterocycles. The van der Waals surface area contributed by atoms with Crippen molar-refractivity contribution in [2.45, 2.75) is 309 Å². The Morgan fingerprint density at radius 3 is 1.11 bits per heavy atom. The summed E-state index contributed by atoms with van der Waals surface area (Å²) in [5.74, 6) is -0.188. The van der Waals surface area contributed by atoms with Crippen molar-refractivity contribution < 1.29 is 32.9 Å². The molecule has 9 heteroatoms. The molecule has 0 saturated carbocycles. The van der Waals surface area contributed by atoms with Crippen LogP contribution in [0.4, 0.5) is 0 Å². The zero-order valence-electron chi connectivity index (χ0n) is 48.4. The molecule has 0 radical (unpaired) electrons. The van der Waals surface area contributed by atoms with Crippen LogP contribution >= 0.6 is 7.82 Å². The van der Waals surface area contributed by atoms with Crippen LogP contribution in [-0.4, -0.2) is 73.4 Å². The van der Waals surface area contributed by atoms with Gasteiger partial charge in [-0.05, 0) is 70.6 Å². The number of nitrogens with one attached hydrogen (secondary N) is 1. The summed E-state index contributed by atoms with van der Waals surface area (Å²) < 4.78 is 23.7. The molecule has 0 aliphatic heterocycles. The maximum Gasteiger partial charge on any atom is 0.472 e. The summed E-state index contributed by atoms with van der Waals surface area (Å²) in [4.78, 5) is 23.3. The van der Waals surface area contributed by atoms with Gasteiger partial charge >= 0.3 is 7.82 Å². The van der Waals surface area contributed by atoms with Gasteiger partial charge in [0.2, 0.25) is 5.91 Å². The van der Waals surface area contributed by atoms with Gasteiger partial charge in [-0.25, -0.2) is 4.57 Å². The maximum absolute atomic E-state index is 13.0. The summed E-state index contributed by atoms with van der Waals surface area (Å²) in [7, 11) is 1.55. The molecule has 72 heavy (non-hydrogen) atoms. The van der Waals surface area contributed by atoms with Crippen LogP contribution < -0.4 is 5.32 Å². The van der Waals surface area contributed by atoms with Gasteiger partial charge in [-0.2, -0.15) is 0 Å². The van der Waals surface area contributed by atoms with Crippen molar-refractivity contribution in [1.29, 1.82) is 0 Å². The minimum absolute atomic E-state index is 0.0537. The summed E-state index contributed by atoms with van der Waals surface area (Å²) in [6, 6.07) is -0.871. The molecule has 3 unspecified atom stereocenters. The Balaban J connectivity index is 4.16. The van der Waals surface area contributed by atoms with E-state index in [0.717, 1.165) is 44.9 Å². The quantitative estimate of drug-likeness (QED) is 0.0243. The van der Waals surface area contributed by atoms with Crippen LogP contribution in [-0.2, 0) is 18.4 Å². The molecule has 3 N–H and O–H groups in total. The number of unbranched alkanes of at least 4 members (excludes halogenated alkanes) is 38. The summed E-state index contributed by atoms with van der Waals surface area (Å²) in [5.41, 5.74) is 0. The van der Waals surface area contributed by atoms with Crippen molar-refractivity contribution in [1.82, 2.24) is 5.32 Å². The second kappa shape index (κ2) is 54.3. The van der Waals surface area contributed by atoms with Gasteiger partial charge in [0.15, 0.2) is 0 Å². The average Bonchev–Trinajstić information content (AvgIpc) is 3.34. The molecule has 3 atom stereocenters. The van der Waals surface area contributed by atoms with E-state index in [9.17, 15) is 19.4 Å². The molecule has 8 nitrogen and oxygen atoms in total. The van der Waals surface area contributed by atoms with Gasteiger partial charge in [0.1, 0.15) is 13.2 Å². The van der Waals surface area contributed by atoms with Crippen LogP contribution in [0.5, 0.6) is 0 Å². The third kappa shape index (κ3) is 56.2. The summed E-state index contributed by atoms with van der Waals surface area (Å²) in [6.45, 7) is 4.82. The topological polar surface area (TPSA) is 105 Å². The molecular formula is C63H122N2O6P+. The molecule has 0 rings (SSSR count). The number of amides is 1. The standard InChI is InChI=1S/C63H121N2O6P/c1-6-8-10-12-14-16-18-20-22-24-26-28-29-30-31-32-33-34-35-36-37-39-41-43-45-47-49-51-53-55-57-63(67)64-61(60-71-72(68,69)70-59-58-65(3,4)5)62(66)56-54-52-50-48-46-44-42-40-38-27-25-23-21-19-17-15-13-11-9-7-2/h30-31,38,40,46,48,54,56,61-62,66H,6-29,32-37,39,41-45,47,49-53,55,57-60H2,1-5H3,(H-,64,67,68,69)/p+1/b31-30-,40-38+,48-46+,56-54+. The van der Waals surface area contributed by atoms with E-state index in [0.29, 0.717) is 17.4 Å². The van der Waals surface area contributed by atoms with E-state index >= 15 is 0 Å². The number of phosphoric ester groups is 1. The van der Waals surface area contributed by atoms with E-state index in [4.69, 9.17) is 9.05 Å². The fourth-order valence-electron chi connectivity index (χ4n) is 9.13. The van der Waals surface area contributed by atoms with Crippen LogP contribution in [0.1, 0.15) is 296 Å². The number of hydrogen-bond acceptors (Lipinski definition) is 5. The van der Waals surface area contributed by atoms with Gasteiger partial charge in [0.25, 0.3) is 0 Å². The Kier molecular flexibility index (Phi) is 53.1. The van der Waals surface area contributed by atoms with Crippen molar-refractivity contribution >= 4 is 13.7 Å². The predicted molar refractivity (Wildman–Crippen MR) is 314 cm³/mol. The molecule has 0 fully saturated rings. The molecule has 0 aromatic rings. The second-order valence-electron chi connectivity index (χ2n) is 22.4. The minimum atomic E-state index is -4.36. The van der Waals surface area contributed by atoms with E-state index in [1.54, 1.807) is 6.08 Å². The highest BCUT2D eigenvalue weighted by molar-refractivity contribution is 7.47. The third-order valence-electron chi connectivity index (χ3n) is 14.0. The van der Waals surface area contributed by atoms with Crippen molar-refractivity contribution in [2.75, 3.05) is 40.9 Å². The summed E-state index contributed by atoms with van der Waals surface area (Å²) in [5, 5.41) is 13.9. The molecule has 0 aliphatic carbocycles. The highest BCUT2D eigenvalue weighted by atomic mass is 31.2. The Morgan fingerprint density at radius 2 is 0.764 bits per heavy atom. The first kappa shape index (κ1) is 70.5. The molecule has 424 valence electrons. The number of carbonyl (C=O) groups excluding carboxylic acids is 1. The number of likely N-dealkylation sites (N-methyl/N-ethyl adjacent to an activating group) is 1. The smallest absolute Gasteiger partial charge is 0.387 e. The molecule has 0 bridgehead atoms. The summed E-state index contributed by atoms with van der Waals surface area (Å²) >= 11 is 0. The maximum atomic E-state index is 13.0. The lowest BCUT2D eigenvalue weighted by Crippen LogP contribution is -2.45. The van der Waals surface area contributed by atoms with Crippen LogP contribution in [0.15, 0.2) is 48.6 Å². The number of allylic oxidation sites excluding steroid dienone is 7. The zero-order chi connectivity index (χ0) is 52.7. The Labute approximate surface area is 448 Å². The highest BCUT2D eigenvalue weighted by Crippen LogP contribution is 2.43. The Morgan fingerprint density at radius 1 is 0.458 bits per heavy atom. The monoisotopic (exact) mass is 1030 g/mol. The number of aliphatic hydroxyl groups is 1. The molecule has 1 amide bonds. The van der Waals surface area contributed by atoms with E-state index in [-0.39, 0.29) is 19.1 Å². The number of rotatable bonds is 57. The molecule has 0 spiro atoms. The molecule has 0 saturated heterocycles. The molecule has 0 heterocycles. The van der Waals surface area contributed by atoms with Gasteiger partial charge in [-0.3, -0.25) is 13.8 Å². The minimum Gasteiger partial charge on any atom is -0.387 e. The second-order valence-corrected chi connectivity index (χ2v) is 23.9. The van der Waals surface area contributed by atoms with Crippen molar-refractivity contribution in [2.24, 2.45) is 0 Å². The molecule has 0 aromatic carbocycles. The van der Waals surface area contributed by atoms with E-state index < -0.39 is 20.0 Å². The molecule has 0 aliphatic rings. The van der Waals surface area contributed by atoms with Gasteiger partial charge in [0, 0.05) is 6.42 Å². The first-order valence-electron chi connectivity index (χ1n) is 31.0. The van der Waals surface area contributed by atoms with E-state index in [2.05, 4.69) is 55.6 Å². The van der Waals surface area contributed by atoms with Gasteiger partial charge in [-0.1, -0.05) is 268 Å². The predicted octanol–water partition coefficient (Wildman–Crippen LogP) is 19.1. The van der Waals surface area contributed by atoms with Gasteiger partial charge in [-0.15, -0.1) is 0 Å². The first-order chi connectivity index (χ1) is 35.0. The Bertz CT molecular complexity index is 1310. The summed E-state index contributed by atoms with van der Waals surface area (Å²) in [6.07, 6.45) is 72.4. The fraction of sp³-hybridized carbons (Fsp3) is 0.857. The van der Waals surface area contributed by atoms with Crippen molar-refractivity contribution in [3.05, 3.63) is 48.6 Å². The van der Waals surface area contributed by atoms with Gasteiger partial charge in [0.05, 0.1) is 39.9 Å². The first-order valence-corrected chi connectivity index (χ1v) is 32.5. The lowest BCUT2D eigenvalue weighted by atomic mass is 10.0. The van der Waals surface area contributed by atoms with Crippen LogP contribution in [0.2, 0.25) is 0 Å². The SMILES string of the molecule is CCCCCCCCCCCC/C=C/CC/C=C/CC/C=C/C(O)C(COP(=O)(O)OCC[N+](C)(C)C)NC(=O)CCCCCCCCCCCCCCCC/C=C\CCCCCCCCCCCCCC. The lowest BCUT2D eigenvalue weighted by Gasteiger charge is -2.25. The highest BCUT2D eigenvalue weighted by Gasteiger charge is 2.27. The largest absolute Gasteiger partial charge is 0.472 e. The van der Waals surface area contributed by atoms with Crippen LogP contribution in [0.3, 0.4) is 0 Å². The number of phosphoric acid groups is 1. The Hall–Kier alpha value is -1.54. The number of nitrogens with zero attached hydrogens (tertiary/aromatic N) is 1. The van der Waals surface area contributed by atoms with E-state index in [1.807, 2.05) is 27.2 Å². The van der Waals surface area contributed by atoms with Gasteiger partial charge < -0.3 is 19.8 Å². The van der Waals surface area contributed by atoms with Crippen LogP contribution in [0, 0.1) is 0 Å². The normalized spacial score (nSPS) is 14.2. The van der Waals surface area contributed by atoms with Crippen molar-refractivity contribution in [3.63, 3.8) is 0 Å². The average molecular weight is 1030 g/mol. The number of carbonyl (C=O) groups is 1. The number of aliphatic hydroxyl groups excluding tert-OH is 1. The third-order valence-corrected chi connectivity index (χ3v) is 15.0. The van der Waals surface area contributed by atoms with Crippen molar-refractivity contribution in [3.8, 4) is 0 Å². The number of quaternary nitrogens is 1. The van der Waals surface area contributed by atoms with Crippen LogP contribution in [0.25, 0.3) is 0 Å². The lowest BCUT2D eigenvalue weighted by molar-refractivity contribution is -0.870. The van der Waals surface area contributed by atoms with E-state index in [1.165, 1.54) is 231 Å². The fourth-order valence-corrected chi connectivity index (χ4v) is 9.87. The molecular weight excluding hydrogens is 912 g/mol.